The van der Waals surface area contributed by atoms with Gasteiger partial charge in [0.25, 0.3) is 0 Å². The summed E-state index contributed by atoms with van der Waals surface area (Å²) < 4.78 is 0. The first-order valence-corrected chi connectivity index (χ1v) is 8.14. The third-order valence-corrected chi connectivity index (χ3v) is 5.10. The number of nitrogens with one attached hydrogen (secondary N) is 1. The minimum absolute atomic E-state index is 0.179. The van der Waals surface area contributed by atoms with Crippen molar-refractivity contribution in [2.45, 2.75) is 70.4 Å². The largest absolute Gasteiger partial charge is 0.305 e. The molecular weight excluding hydrogens is 240 g/mol. The summed E-state index contributed by atoms with van der Waals surface area (Å²) in [5.41, 5.74) is 1.43. The molecule has 1 aromatic heterocycles. The van der Waals surface area contributed by atoms with E-state index >= 15 is 0 Å². The molecule has 100 valence electrons. The van der Waals surface area contributed by atoms with E-state index in [1.807, 2.05) is 11.3 Å². The highest BCUT2D eigenvalue weighted by Gasteiger charge is 2.35. The van der Waals surface area contributed by atoms with Gasteiger partial charge in [-0.1, -0.05) is 27.2 Å². The number of hydrogen-bond acceptors (Lipinski definition) is 3. The standard InChI is InChI=1S/C15H24N2S/c1-15(2,3)12-9-18-14(17-12)13(10-5-4-6-10)16-11-7-8-11/h9-11,13,16H,4-8H2,1-3H3. The molecule has 18 heavy (non-hydrogen) atoms. The summed E-state index contributed by atoms with van der Waals surface area (Å²) in [5.74, 6) is 0.838. The van der Waals surface area contributed by atoms with Crippen LogP contribution in [-0.4, -0.2) is 11.0 Å². The lowest BCUT2D eigenvalue weighted by molar-refractivity contribution is 0.228. The van der Waals surface area contributed by atoms with Crippen molar-refractivity contribution in [2.75, 3.05) is 0 Å². The van der Waals surface area contributed by atoms with Crippen LogP contribution in [0.5, 0.6) is 0 Å². The Labute approximate surface area is 114 Å². The van der Waals surface area contributed by atoms with E-state index in [1.165, 1.54) is 42.8 Å². The molecule has 0 bridgehead atoms. The molecule has 3 rings (SSSR count). The Morgan fingerprint density at radius 2 is 2.00 bits per heavy atom. The molecule has 1 unspecified atom stereocenters. The van der Waals surface area contributed by atoms with E-state index < -0.39 is 0 Å². The summed E-state index contributed by atoms with van der Waals surface area (Å²) in [6, 6.07) is 1.31. The fourth-order valence-corrected chi connectivity index (χ4v) is 3.66. The number of thiazole rings is 1. The average Bonchev–Trinajstić information content (AvgIpc) is 2.88. The molecule has 0 spiro atoms. The summed E-state index contributed by atoms with van der Waals surface area (Å²) in [5, 5.41) is 7.41. The normalized spacial score (nSPS) is 22.8. The SMILES string of the molecule is CC(C)(C)c1csc(C(NC2CC2)C2CCC2)n1. The van der Waals surface area contributed by atoms with Crippen LogP contribution in [0.3, 0.4) is 0 Å². The first-order valence-electron chi connectivity index (χ1n) is 7.26. The molecule has 1 atom stereocenters. The van der Waals surface area contributed by atoms with Gasteiger partial charge in [-0.2, -0.15) is 0 Å². The number of aromatic nitrogens is 1. The molecule has 2 nitrogen and oxygen atoms in total. The van der Waals surface area contributed by atoms with E-state index in [0.717, 1.165) is 12.0 Å². The molecule has 3 heteroatoms. The van der Waals surface area contributed by atoms with Crippen LogP contribution in [0, 0.1) is 5.92 Å². The van der Waals surface area contributed by atoms with Crippen LogP contribution in [0.4, 0.5) is 0 Å². The van der Waals surface area contributed by atoms with Gasteiger partial charge in [0, 0.05) is 16.8 Å². The van der Waals surface area contributed by atoms with Gasteiger partial charge in [0.05, 0.1) is 11.7 Å². The fourth-order valence-electron chi connectivity index (χ4n) is 2.46. The van der Waals surface area contributed by atoms with Crippen molar-refractivity contribution in [3.63, 3.8) is 0 Å². The van der Waals surface area contributed by atoms with Crippen LogP contribution in [0.15, 0.2) is 5.38 Å². The zero-order chi connectivity index (χ0) is 12.8. The van der Waals surface area contributed by atoms with Crippen LogP contribution in [-0.2, 0) is 5.41 Å². The van der Waals surface area contributed by atoms with Crippen LogP contribution < -0.4 is 5.32 Å². The minimum atomic E-state index is 0.179. The smallest absolute Gasteiger partial charge is 0.110 e. The van der Waals surface area contributed by atoms with Crippen molar-refractivity contribution in [1.29, 1.82) is 0 Å². The highest BCUT2D eigenvalue weighted by atomic mass is 32.1. The minimum Gasteiger partial charge on any atom is -0.305 e. The second-order valence-corrected chi connectivity index (χ2v) is 7.82. The highest BCUT2D eigenvalue weighted by Crippen LogP contribution is 2.41. The predicted molar refractivity (Wildman–Crippen MR) is 77.1 cm³/mol. The monoisotopic (exact) mass is 264 g/mol. The Hall–Kier alpha value is -0.410. The zero-order valence-electron chi connectivity index (χ0n) is 11.7. The van der Waals surface area contributed by atoms with Crippen molar-refractivity contribution in [3.05, 3.63) is 16.1 Å². The molecule has 2 fully saturated rings. The number of hydrogen-bond donors (Lipinski definition) is 1. The van der Waals surface area contributed by atoms with Crippen molar-refractivity contribution < 1.29 is 0 Å². The van der Waals surface area contributed by atoms with Gasteiger partial charge in [-0.05, 0) is 31.6 Å². The Morgan fingerprint density at radius 1 is 1.28 bits per heavy atom. The predicted octanol–water partition coefficient (Wildman–Crippen LogP) is 4.03. The Balaban J connectivity index is 1.77. The Bertz CT molecular complexity index is 410. The molecule has 2 aliphatic carbocycles. The average molecular weight is 264 g/mol. The molecule has 2 aliphatic rings. The van der Waals surface area contributed by atoms with Crippen molar-refractivity contribution >= 4 is 11.3 Å². The fraction of sp³-hybridized carbons (Fsp3) is 0.800. The van der Waals surface area contributed by atoms with E-state index in [0.29, 0.717) is 6.04 Å². The van der Waals surface area contributed by atoms with Gasteiger partial charge in [-0.25, -0.2) is 4.98 Å². The van der Waals surface area contributed by atoms with Crippen LogP contribution in [0.2, 0.25) is 0 Å². The summed E-state index contributed by atoms with van der Waals surface area (Å²) >= 11 is 1.86. The lowest BCUT2D eigenvalue weighted by atomic mass is 9.80. The number of nitrogens with zero attached hydrogens (tertiary/aromatic N) is 1. The first-order chi connectivity index (χ1) is 8.54. The lowest BCUT2D eigenvalue weighted by Crippen LogP contribution is -2.33. The van der Waals surface area contributed by atoms with Crippen LogP contribution in [0.25, 0.3) is 0 Å². The van der Waals surface area contributed by atoms with Crippen molar-refractivity contribution in [1.82, 2.24) is 10.3 Å². The molecule has 1 N–H and O–H groups in total. The molecule has 2 saturated carbocycles. The van der Waals surface area contributed by atoms with Gasteiger partial charge in [0.1, 0.15) is 5.01 Å². The molecule has 0 amide bonds. The van der Waals surface area contributed by atoms with Crippen molar-refractivity contribution in [3.8, 4) is 0 Å². The Morgan fingerprint density at radius 3 is 2.44 bits per heavy atom. The van der Waals surface area contributed by atoms with Gasteiger partial charge in [0.2, 0.25) is 0 Å². The first kappa shape index (κ1) is 12.6. The van der Waals surface area contributed by atoms with Crippen LogP contribution in [0.1, 0.15) is 69.6 Å². The molecule has 1 aromatic rings. The second kappa shape index (κ2) is 4.61. The van der Waals surface area contributed by atoms with E-state index in [2.05, 4.69) is 31.5 Å². The quantitative estimate of drug-likeness (QED) is 0.888. The molecule has 0 aromatic carbocycles. The third-order valence-electron chi connectivity index (χ3n) is 4.17. The lowest BCUT2D eigenvalue weighted by Gasteiger charge is -2.33. The van der Waals surface area contributed by atoms with Crippen molar-refractivity contribution in [2.24, 2.45) is 5.92 Å². The Kier molecular flexibility index (Phi) is 3.23. The van der Waals surface area contributed by atoms with Gasteiger partial charge in [-0.15, -0.1) is 11.3 Å². The topological polar surface area (TPSA) is 24.9 Å². The van der Waals surface area contributed by atoms with E-state index in [4.69, 9.17) is 4.98 Å². The van der Waals surface area contributed by atoms with Crippen LogP contribution >= 0.6 is 11.3 Å². The summed E-state index contributed by atoms with van der Waals surface area (Å²) in [7, 11) is 0. The maximum atomic E-state index is 4.92. The maximum absolute atomic E-state index is 4.92. The summed E-state index contributed by atoms with van der Waals surface area (Å²) in [6.07, 6.45) is 6.90. The van der Waals surface area contributed by atoms with Gasteiger partial charge in [0.15, 0.2) is 0 Å². The summed E-state index contributed by atoms with van der Waals surface area (Å²) in [6.45, 7) is 6.75. The molecular formula is C15H24N2S. The second-order valence-electron chi connectivity index (χ2n) is 6.93. The molecule has 0 radical (unpaired) electrons. The molecule has 0 saturated heterocycles. The van der Waals surface area contributed by atoms with E-state index in [1.54, 1.807) is 0 Å². The number of rotatable bonds is 4. The molecule has 1 heterocycles. The van der Waals surface area contributed by atoms with E-state index in [-0.39, 0.29) is 5.41 Å². The third kappa shape index (κ3) is 2.62. The zero-order valence-corrected chi connectivity index (χ0v) is 12.5. The maximum Gasteiger partial charge on any atom is 0.110 e. The summed E-state index contributed by atoms with van der Waals surface area (Å²) in [4.78, 5) is 4.92. The van der Waals surface area contributed by atoms with E-state index in [9.17, 15) is 0 Å². The van der Waals surface area contributed by atoms with Gasteiger partial charge < -0.3 is 5.32 Å². The van der Waals surface area contributed by atoms with Gasteiger partial charge in [-0.3, -0.25) is 0 Å². The van der Waals surface area contributed by atoms with Gasteiger partial charge >= 0.3 is 0 Å². The molecule has 0 aliphatic heterocycles. The highest BCUT2D eigenvalue weighted by molar-refractivity contribution is 7.09.